The van der Waals surface area contributed by atoms with E-state index in [4.69, 9.17) is 14.4 Å². The van der Waals surface area contributed by atoms with E-state index in [1.807, 2.05) is 18.2 Å². The van der Waals surface area contributed by atoms with Crippen LogP contribution in [-0.4, -0.2) is 14.5 Å². The van der Waals surface area contributed by atoms with Gasteiger partial charge in [-0.05, 0) is 74.1 Å². The number of nitrogens with zero attached hydrogens (tertiary/aromatic N) is 3. The lowest BCUT2D eigenvalue weighted by Gasteiger charge is -2.15. The fraction of sp³-hybridized carbons (Fsp3) is 0. The molecule has 0 radical (unpaired) electrons. The number of hydrogen-bond acceptors (Lipinski definition) is 3. The van der Waals surface area contributed by atoms with Crippen molar-refractivity contribution in [2.75, 3.05) is 0 Å². The largest absolute Gasteiger partial charge is 0.436 e. The Kier molecular flexibility index (Phi) is 4.55. The first-order valence-corrected chi connectivity index (χ1v) is 15.6. The summed E-state index contributed by atoms with van der Waals surface area (Å²) in [6.45, 7) is 0. The molecule has 10 aromatic rings. The molecular formula is C42H23N3O. The molecule has 4 heteroatoms. The van der Waals surface area contributed by atoms with E-state index in [2.05, 4.69) is 126 Å². The molecule has 0 fully saturated rings. The van der Waals surface area contributed by atoms with E-state index < -0.39 is 0 Å². The quantitative estimate of drug-likeness (QED) is 0.203. The summed E-state index contributed by atoms with van der Waals surface area (Å²) in [7, 11) is 0. The molecule has 0 unspecified atom stereocenters. The van der Waals surface area contributed by atoms with Gasteiger partial charge in [-0.15, -0.1) is 0 Å². The standard InChI is InChI=1S/C42H23N3O/c1-2-11-25-23-36-34(22-24(25)10-1)28-14-5-7-18-35(28)45(36)41-39(44-42-40(43-41)33-15-6-8-19-37(33)46-42)32-21-20-31-27-13-4-3-12-26(27)29-16-9-17-30(32)38(29)31/h1-23H. The van der Waals surface area contributed by atoms with E-state index in [-0.39, 0.29) is 0 Å². The van der Waals surface area contributed by atoms with Gasteiger partial charge in [-0.25, -0.2) is 9.97 Å². The minimum Gasteiger partial charge on any atom is -0.436 e. The first-order chi connectivity index (χ1) is 22.8. The van der Waals surface area contributed by atoms with Crippen LogP contribution in [0.5, 0.6) is 0 Å². The maximum Gasteiger partial charge on any atom is 0.247 e. The van der Waals surface area contributed by atoms with E-state index >= 15 is 0 Å². The highest BCUT2D eigenvalue weighted by atomic mass is 16.3. The molecule has 1 aliphatic carbocycles. The average Bonchev–Trinajstić information content (AvgIpc) is 3.75. The second-order valence-corrected chi connectivity index (χ2v) is 12.2. The maximum atomic E-state index is 6.36. The molecule has 0 atom stereocenters. The van der Waals surface area contributed by atoms with Crippen LogP contribution in [0.15, 0.2) is 144 Å². The van der Waals surface area contributed by atoms with Gasteiger partial charge < -0.3 is 4.42 Å². The van der Waals surface area contributed by atoms with Gasteiger partial charge in [0, 0.05) is 21.7 Å². The molecule has 1 aliphatic rings. The normalized spacial score (nSPS) is 12.3. The second kappa shape index (κ2) is 8.68. The lowest BCUT2D eigenvalue weighted by atomic mass is 9.96. The van der Waals surface area contributed by atoms with Crippen LogP contribution < -0.4 is 0 Å². The third kappa shape index (κ3) is 3.07. The van der Waals surface area contributed by atoms with E-state index in [1.165, 1.54) is 49.2 Å². The Hall–Kier alpha value is -6.26. The topological polar surface area (TPSA) is 43.9 Å². The van der Waals surface area contributed by atoms with Gasteiger partial charge in [-0.2, -0.15) is 0 Å². The van der Waals surface area contributed by atoms with Crippen molar-refractivity contribution in [1.82, 2.24) is 14.5 Å². The van der Waals surface area contributed by atoms with Gasteiger partial charge >= 0.3 is 0 Å². The third-order valence-corrected chi connectivity index (χ3v) is 9.75. The molecule has 0 saturated carbocycles. The van der Waals surface area contributed by atoms with Crippen LogP contribution in [0.4, 0.5) is 0 Å². The van der Waals surface area contributed by atoms with Crippen LogP contribution in [0.1, 0.15) is 0 Å². The first-order valence-electron chi connectivity index (χ1n) is 15.6. The summed E-state index contributed by atoms with van der Waals surface area (Å²) in [5, 5.41) is 8.15. The van der Waals surface area contributed by atoms with E-state index in [9.17, 15) is 0 Å². The van der Waals surface area contributed by atoms with Crippen LogP contribution in [0.3, 0.4) is 0 Å². The molecule has 212 valence electrons. The summed E-state index contributed by atoms with van der Waals surface area (Å²) >= 11 is 0. The van der Waals surface area contributed by atoms with Crippen LogP contribution in [0.25, 0.3) is 105 Å². The van der Waals surface area contributed by atoms with Crippen LogP contribution in [0.2, 0.25) is 0 Å². The number of benzene rings is 7. The van der Waals surface area contributed by atoms with Crippen LogP contribution in [0, 0.1) is 0 Å². The van der Waals surface area contributed by atoms with Crippen LogP contribution in [-0.2, 0) is 0 Å². The summed E-state index contributed by atoms with van der Waals surface area (Å²) < 4.78 is 8.66. The van der Waals surface area contributed by atoms with E-state index in [0.717, 1.165) is 50.0 Å². The minimum atomic E-state index is 0.540. The first kappa shape index (κ1) is 24.1. The van der Waals surface area contributed by atoms with Crippen molar-refractivity contribution < 1.29 is 4.42 Å². The number of rotatable bonds is 2. The SMILES string of the molecule is c1ccc2c(c1)-c1cccc3c(-c4nc5oc6ccccc6c5nc4-n4c5ccccc5c5cc6ccccc6cc54)ccc-2c13. The predicted octanol–water partition coefficient (Wildman–Crippen LogP) is 11.1. The van der Waals surface area contributed by atoms with Crippen molar-refractivity contribution in [2.24, 2.45) is 0 Å². The number of para-hydroxylation sites is 2. The Morgan fingerprint density at radius 1 is 0.457 bits per heavy atom. The molecule has 0 bridgehead atoms. The molecule has 0 amide bonds. The Balaban J connectivity index is 1.31. The highest BCUT2D eigenvalue weighted by molar-refractivity contribution is 6.19. The highest BCUT2D eigenvalue weighted by Gasteiger charge is 2.26. The third-order valence-electron chi connectivity index (χ3n) is 9.75. The minimum absolute atomic E-state index is 0.540. The molecule has 0 saturated heterocycles. The Labute approximate surface area is 262 Å². The summed E-state index contributed by atoms with van der Waals surface area (Å²) in [5.74, 6) is 0.789. The summed E-state index contributed by atoms with van der Waals surface area (Å²) in [6.07, 6.45) is 0. The van der Waals surface area contributed by atoms with Crippen molar-refractivity contribution in [2.45, 2.75) is 0 Å². The zero-order valence-electron chi connectivity index (χ0n) is 24.5. The fourth-order valence-corrected chi connectivity index (χ4v) is 7.75. The van der Waals surface area contributed by atoms with Crippen LogP contribution >= 0.6 is 0 Å². The molecule has 11 rings (SSSR count). The molecule has 3 aromatic heterocycles. The Morgan fingerprint density at radius 3 is 1.98 bits per heavy atom. The van der Waals surface area contributed by atoms with Crippen molar-refractivity contribution in [1.29, 1.82) is 0 Å². The maximum absolute atomic E-state index is 6.36. The van der Waals surface area contributed by atoms with E-state index in [1.54, 1.807) is 0 Å². The highest BCUT2D eigenvalue weighted by Crippen LogP contribution is 2.50. The Bertz CT molecular complexity index is 2900. The van der Waals surface area contributed by atoms with Gasteiger partial charge in [-0.1, -0.05) is 109 Å². The molecule has 0 N–H and O–H groups in total. The number of fused-ring (bicyclic) bond motifs is 10. The number of aromatic nitrogens is 3. The van der Waals surface area contributed by atoms with Gasteiger partial charge in [-0.3, -0.25) is 4.57 Å². The Morgan fingerprint density at radius 2 is 1.11 bits per heavy atom. The molecule has 0 spiro atoms. The lowest BCUT2D eigenvalue weighted by molar-refractivity contribution is 0.653. The van der Waals surface area contributed by atoms with Gasteiger partial charge in [0.05, 0.1) is 11.0 Å². The number of hydrogen-bond donors (Lipinski definition) is 0. The molecule has 46 heavy (non-hydrogen) atoms. The molecule has 0 aliphatic heterocycles. The van der Waals surface area contributed by atoms with Crippen molar-refractivity contribution in [3.8, 4) is 39.3 Å². The molecule has 7 aromatic carbocycles. The van der Waals surface area contributed by atoms with Crippen molar-refractivity contribution in [3.63, 3.8) is 0 Å². The predicted molar refractivity (Wildman–Crippen MR) is 189 cm³/mol. The van der Waals surface area contributed by atoms with Gasteiger partial charge in [0.2, 0.25) is 5.71 Å². The van der Waals surface area contributed by atoms with E-state index in [0.29, 0.717) is 5.71 Å². The average molecular weight is 586 g/mol. The summed E-state index contributed by atoms with van der Waals surface area (Å²) in [4.78, 5) is 10.8. The molecular weight excluding hydrogens is 562 g/mol. The number of furan rings is 1. The zero-order valence-corrected chi connectivity index (χ0v) is 24.5. The lowest BCUT2D eigenvalue weighted by Crippen LogP contribution is -2.03. The molecule has 4 nitrogen and oxygen atoms in total. The van der Waals surface area contributed by atoms with Gasteiger partial charge in [0.1, 0.15) is 16.8 Å². The van der Waals surface area contributed by atoms with Crippen molar-refractivity contribution >= 4 is 65.6 Å². The smallest absolute Gasteiger partial charge is 0.247 e. The van der Waals surface area contributed by atoms with Gasteiger partial charge in [0.25, 0.3) is 0 Å². The zero-order chi connectivity index (χ0) is 29.9. The second-order valence-electron chi connectivity index (χ2n) is 12.2. The summed E-state index contributed by atoms with van der Waals surface area (Å²) in [5.41, 5.74) is 11.2. The monoisotopic (exact) mass is 585 g/mol. The van der Waals surface area contributed by atoms with Gasteiger partial charge in [0.15, 0.2) is 5.82 Å². The van der Waals surface area contributed by atoms with Crippen molar-refractivity contribution in [3.05, 3.63) is 140 Å². The molecule has 3 heterocycles. The fourth-order valence-electron chi connectivity index (χ4n) is 7.75. The summed E-state index contributed by atoms with van der Waals surface area (Å²) in [6, 6.07) is 49.6.